The summed E-state index contributed by atoms with van der Waals surface area (Å²) in [4.78, 5) is 26.3. The number of urea groups is 1. The minimum Gasteiger partial charge on any atom is -0.453 e. The van der Waals surface area contributed by atoms with Crippen molar-refractivity contribution >= 4 is 12.0 Å². The summed E-state index contributed by atoms with van der Waals surface area (Å²) in [5.74, 6) is -1.42. The lowest BCUT2D eigenvalue weighted by Gasteiger charge is -2.33. The summed E-state index contributed by atoms with van der Waals surface area (Å²) < 4.78 is 41.3. The molecule has 1 heterocycles. The van der Waals surface area contributed by atoms with E-state index in [4.69, 9.17) is 0 Å². The van der Waals surface area contributed by atoms with Gasteiger partial charge in [0.05, 0.1) is 5.92 Å². The molecule has 0 aliphatic carbocycles. The quantitative estimate of drug-likeness (QED) is 0.731. The van der Waals surface area contributed by atoms with E-state index in [-0.39, 0.29) is 6.03 Å². The first-order valence-electron chi connectivity index (χ1n) is 6.36. The summed E-state index contributed by atoms with van der Waals surface area (Å²) in [6.07, 6.45) is -6.00. The van der Waals surface area contributed by atoms with Crippen molar-refractivity contribution in [1.29, 1.82) is 0 Å². The first kappa shape index (κ1) is 16.6. The normalized spacial score (nSPS) is 18.6. The number of carbonyl (C=O) groups excluding carboxylic acids is 2. The van der Waals surface area contributed by atoms with Crippen molar-refractivity contribution in [3.63, 3.8) is 0 Å². The van der Waals surface area contributed by atoms with Crippen LogP contribution in [-0.4, -0.2) is 61.3 Å². The molecule has 0 spiro atoms. The lowest BCUT2D eigenvalue weighted by molar-refractivity contribution is -0.219. The number of carbonyl (C=O) groups is 2. The molecule has 0 saturated carbocycles. The van der Waals surface area contributed by atoms with Gasteiger partial charge in [0.25, 0.3) is 0 Å². The van der Waals surface area contributed by atoms with Gasteiger partial charge in [0.15, 0.2) is 6.10 Å². The summed E-state index contributed by atoms with van der Waals surface area (Å²) in [6.45, 7) is 1.50. The fourth-order valence-electron chi connectivity index (χ4n) is 1.93. The molecule has 8 heteroatoms. The highest BCUT2D eigenvalue weighted by Crippen LogP contribution is 2.25. The monoisotopic (exact) mass is 296 g/mol. The van der Waals surface area contributed by atoms with Gasteiger partial charge in [0.1, 0.15) is 0 Å². The Balaban J connectivity index is 2.45. The minimum atomic E-state index is -4.54. The Bertz CT molecular complexity index is 363. The van der Waals surface area contributed by atoms with E-state index in [0.29, 0.717) is 25.9 Å². The maximum absolute atomic E-state index is 12.3. The first-order valence-corrected chi connectivity index (χ1v) is 6.36. The average molecular weight is 296 g/mol. The molecule has 2 amide bonds. The van der Waals surface area contributed by atoms with Crippen LogP contribution in [0, 0.1) is 5.92 Å². The molecule has 5 nitrogen and oxygen atoms in total. The van der Waals surface area contributed by atoms with Crippen LogP contribution in [0.3, 0.4) is 0 Å². The fraction of sp³-hybridized carbons (Fsp3) is 0.833. The van der Waals surface area contributed by atoms with Crippen molar-refractivity contribution in [2.45, 2.75) is 32.0 Å². The Hall–Kier alpha value is -1.47. The van der Waals surface area contributed by atoms with Gasteiger partial charge in [-0.25, -0.2) is 4.79 Å². The number of ether oxygens (including phenoxy) is 1. The van der Waals surface area contributed by atoms with Crippen LogP contribution in [0.5, 0.6) is 0 Å². The van der Waals surface area contributed by atoms with Crippen LogP contribution in [0.15, 0.2) is 0 Å². The summed E-state index contributed by atoms with van der Waals surface area (Å²) in [7, 11) is 3.24. The van der Waals surface area contributed by atoms with Crippen molar-refractivity contribution in [2.75, 3.05) is 27.2 Å². The van der Waals surface area contributed by atoms with Gasteiger partial charge >= 0.3 is 18.2 Å². The zero-order valence-corrected chi connectivity index (χ0v) is 11.7. The Morgan fingerprint density at radius 3 is 2.15 bits per heavy atom. The van der Waals surface area contributed by atoms with Gasteiger partial charge in [-0.3, -0.25) is 4.79 Å². The van der Waals surface area contributed by atoms with Crippen LogP contribution in [-0.2, 0) is 9.53 Å². The third kappa shape index (κ3) is 4.28. The maximum Gasteiger partial charge on any atom is 0.425 e. The molecular formula is C12H19F3N2O3. The number of likely N-dealkylation sites (tertiary alicyclic amines) is 1. The largest absolute Gasteiger partial charge is 0.453 e. The molecule has 1 rings (SSSR count). The molecule has 0 bridgehead atoms. The molecule has 1 saturated heterocycles. The standard InChI is InChI=1S/C12H19F3N2O3/c1-8(12(13,14)15)20-10(18)9-4-6-17(7-5-9)11(19)16(2)3/h8-9H,4-7H2,1-3H3/t8-/m0/s1. The average Bonchev–Trinajstić information content (AvgIpc) is 2.36. The molecule has 1 aliphatic rings. The van der Waals surface area contributed by atoms with E-state index in [1.165, 1.54) is 4.90 Å². The fourth-order valence-corrected chi connectivity index (χ4v) is 1.93. The van der Waals surface area contributed by atoms with Crippen LogP contribution in [0.1, 0.15) is 19.8 Å². The van der Waals surface area contributed by atoms with E-state index >= 15 is 0 Å². The molecule has 0 aromatic heterocycles. The Labute approximate surface area is 115 Å². The first-order chi connectivity index (χ1) is 9.12. The van der Waals surface area contributed by atoms with Crippen molar-refractivity contribution in [3.8, 4) is 0 Å². The predicted octanol–water partition coefficient (Wildman–Crippen LogP) is 1.87. The Kier molecular flexibility index (Phi) is 5.24. The highest BCUT2D eigenvalue weighted by molar-refractivity contribution is 5.75. The van der Waals surface area contributed by atoms with Crippen LogP contribution in [0.25, 0.3) is 0 Å². The van der Waals surface area contributed by atoms with Crippen molar-refractivity contribution in [1.82, 2.24) is 9.80 Å². The van der Waals surface area contributed by atoms with E-state index in [0.717, 1.165) is 6.92 Å². The molecule has 1 atom stereocenters. The van der Waals surface area contributed by atoms with E-state index in [1.54, 1.807) is 19.0 Å². The van der Waals surface area contributed by atoms with Gasteiger partial charge in [-0.1, -0.05) is 0 Å². The van der Waals surface area contributed by atoms with Gasteiger partial charge in [-0.05, 0) is 19.8 Å². The second kappa shape index (κ2) is 6.32. The number of hydrogen-bond donors (Lipinski definition) is 0. The molecule has 20 heavy (non-hydrogen) atoms. The third-order valence-corrected chi connectivity index (χ3v) is 3.24. The summed E-state index contributed by atoms with van der Waals surface area (Å²) >= 11 is 0. The zero-order chi connectivity index (χ0) is 15.5. The molecule has 0 N–H and O–H groups in total. The number of hydrogen-bond acceptors (Lipinski definition) is 3. The van der Waals surface area contributed by atoms with Crippen molar-refractivity contribution in [3.05, 3.63) is 0 Å². The van der Waals surface area contributed by atoms with Gasteiger partial charge < -0.3 is 14.5 Å². The SMILES string of the molecule is C[C@H](OC(=O)C1CCN(C(=O)N(C)C)CC1)C(F)(F)F. The third-order valence-electron chi connectivity index (χ3n) is 3.24. The molecule has 0 radical (unpaired) electrons. The Morgan fingerprint density at radius 2 is 1.75 bits per heavy atom. The summed E-state index contributed by atoms with van der Waals surface area (Å²) in [5, 5.41) is 0. The van der Waals surface area contributed by atoms with Crippen LogP contribution in [0.2, 0.25) is 0 Å². The van der Waals surface area contributed by atoms with Crippen molar-refractivity contribution in [2.24, 2.45) is 5.92 Å². The second-order valence-electron chi connectivity index (χ2n) is 5.06. The molecule has 1 aliphatic heterocycles. The molecule has 0 aromatic carbocycles. The summed E-state index contributed by atoms with van der Waals surface area (Å²) in [6, 6.07) is -0.166. The number of piperidine rings is 1. The van der Waals surface area contributed by atoms with Crippen LogP contribution in [0.4, 0.5) is 18.0 Å². The number of esters is 1. The van der Waals surface area contributed by atoms with Gasteiger partial charge in [0.2, 0.25) is 0 Å². The number of rotatable bonds is 2. The second-order valence-corrected chi connectivity index (χ2v) is 5.06. The van der Waals surface area contributed by atoms with Crippen LogP contribution >= 0.6 is 0 Å². The van der Waals surface area contributed by atoms with E-state index < -0.39 is 24.2 Å². The van der Waals surface area contributed by atoms with Gasteiger partial charge in [-0.15, -0.1) is 0 Å². The molecule has 0 aromatic rings. The molecule has 116 valence electrons. The molecule has 0 unspecified atom stereocenters. The number of amides is 2. The lowest BCUT2D eigenvalue weighted by Crippen LogP contribution is -2.45. The highest BCUT2D eigenvalue weighted by atomic mass is 19.4. The van der Waals surface area contributed by atoms with E-state index in [9.17, 15) is 22.8 Å². The molecule has 1 fully saturated rings. The number of alkyl halides is 3. The molecular weight excluding hydrogens is 277 g/mol. The summed E-state index contributed by atoms with van der Waals surface area (Å²) in [5.41, 5.74) is 0. The Morgan fingerprint density at radius 1 is 1.25 bits per heavy atom. The maximum atomic E-state index is 12.3. The number of halogens is 3. The smallest absolute Gasteiger partial charge is 0.425 e. The van der Waals surface area contributed by atoms with Gasteiger partial charge in [0, 0.05) is 27.2 Å². The van der Waals surface area contributed by atoms with E-state index in [1.807, 2.05) is 0 Å². The van der Waals surface area contributed by atoms with Gasteiger partial charge in [-0.2, -0.15) is 13.2 Å². The number of nitrogens with zero attached hydrogens (tertiary/aromatic N) is 2. The lowest BCUT2D eigenvalue weighted by atomic mass is 9.97. The van der Waals surface area contributed by atoms with Crippen molar-refractivity contribution < 1.29 is 27.5 Å². The topological polar surface area (TPSA) is 49.9 Å². The van der Waals surface area contributed by atoms with E-state index in [2.05, 4.69) is 4.74 Å². The predicted molar refractivity (Wildman–Crippen MR) is 65.0 cm³/mol. The highest BCUT2D eigenvalue weighted by Gasteiger charge is 2.40. The van der Waals surface area contributed by atoms with Crippen LogP contribution < -0.4 is 0 Å². The minimum absolute atomic E-state index is 0.166. The zero-order valence-electron chi connectivity index (χ0n) is 11.7.